The van der Waals surface area contributed by atoms with Crippen LogP contribution in [-0.2, 0) is 4.79 Å². The van der Waals surface area contributed by atoms with E-state index in [0.29, 0.717) is 36.8 Å². The Morgan fingerprint density at radius 3 is 2.74 bits per heavy atom. The highest BCUT2D eigenvalue weighted by molar-refractivity contribution is 5.96. The molecule has 0 spiro atoms. The van der Waals surface area contributed by atoms with Gasteiger partial charge in [0.25, 0.3) is 0 Å². The van der Waals surface area contributed by atoms with E-state index in [1.54, 1.807) is 25.2 Å². The molecule has 0 aromatic heterocycles. The van der Waals surface area contributed by atoms with Crippen LogP contribution in [0.4, 0.5) is 5.69 Å². The standard InChI is InChI=1S/C14H16N2O3/c1-3-10(9-15)14(17)16(2)11-4-5-12-13(8-11)19-7-6-18-12/h4-5,8,10H,3,6-7H2,1-2H3. The van der Waals surface area contributed by atoms with Crippen molar-refractivity contribution >= 4 is 11.6 Å². The molecule has 0 fully saturated rings. The lowest BCUT2D eigenvalue weighted by molar-refractivity contribution is -0.120. The fraction of sp³-hybridized carbons (Fsp3) is 0.429. The molecule has 100 valence electrons. The molecule has 2 rings (SSSR count). The van der Waals surface area contributed by atoms with Gasteiger partial charge in [-0.05, 0) is 18.6 Å². The Hall–Kier alpha value is -2.22. The van der Waals surface area contributed by atoms with Crippen molar-refractivity contribution in [1.82, 2.24) is 0 Å². The van der Waals surface area contributed by atoms with Crippen molar-refractivity contribution in [2.75, 3.05) is 25.2 Å². The predicted molar refractivity (Wildman–Crippen MR) is 70.2 cm³/mol. The predicted octanol–water partition coefficient (Wildman–Crippen LogP) is 1.97. The van der Waals surface area contributed by atoms with Gasteiger partial charge in [-0.1, -0.05) is 6.92 Å². The minimum atomic E-state index is -0.613. The van der Waals surface area contributed by atoms with Gasteiger partial charge in [0.1, 0.15) is 19.1 Å². The SMILES string of the molecule is CCC(C#N)C(=O)N(C)c1ccc2c(c1)OCCO2. The summed E-state index contributed by atoms with van der Waals surface area (Å²) in [7, 11) is 1.66. The van der Waals surface area contributed by atoms with Gasteiger partial charge in [-0.2, -0.15) is 5.26 Å². The second-order valence-corrected chi connectivity index (χ2v) is 4.32. The Morgan fingerprint density at radius 2 is 2.11 bits per heavy atom. The maximum absolute atomic E-state index is 12.1. The minimum absolute atomic E-state index is 0.207. The quantitative estimate of drug-likeness (QED) is 0.833. The Labute approximate surface area is 112 Å². The smallest absolute Gasteiger partial charge is 0.244 e. The number of hydrogen-bond acceptors (Lipinski definition) is 4. The summed E-state index contributed by atoms with van der Waals surface area (Å²) in [5.41, 5.74) is 0.697. The Balaban J connectivity index is 2.22. The van der Waals surface area contributed by atoms with E-state index < -0.39 is 5.92 Å². The first-order valence-electron chi connectivity index (χ1n) is 6.24. The second kappa shape index (κ2) is 5.61. The molecule has 1 aromatic carbocycles. The molecule has 19 heavy (non-hydrogen) atoms. The molecule has 0 saturated heterocycles. The molecule has 1 aromatic rings. The largest absolute Gasteiger partial charge is 0.486 e. The number of benzene rings is 1. The van der Waals surface area contributed by atoms with Crippen molar-refractivity contribution in [2.24, 2.45) is 5.92 Å². The summed E-state index contributed by atoms with van der Waals surface area (Å²) in [6.07, 6.45) is 0.504. The van der Waals surface area contributed by atoms with Crippen LogP contribution in [0.2, 0.25) is 0 Å². The highest BCUT2D eigenvalue weighted by Gasteiger charge is 2.22. The van der Waals surface area contributed by atoms with E-state index in [-0.39, 0.29) is 5.91 Å². The molecule has 1 aliphatic heterocycles. The number of carbonyl (C=O) groups is 1. The first-order valence-corrected chi connectivity index (χ1v) is 6.24. The van der Waals surface area contributed by atoms with Crippen LogP contribution in [0.5, 0.6) is 11.5 Å². The summed E-state index contributed by atoms with van der Waals surface area (Å²) in [6.45, 7) is 2.86. The molecule has 0 saturated carbocycles. The first kappa shape index (κ1) is 13.2. The van der Waals surface area contributed by atoms with Crippen LogP contribution in [0.1, 0.15) is 13.3 Å². The van der Waals surface area contributed by atoms with Gasteiger partial charge < -0.3 is 14.4 Å². The molecule has 0 bridgehead atoms. The molecule has 5 nitrogen and oxygen atoms in total. The molecule has 1 heterocycles. The van der Waals surface area contributed by atoms with Crippen LogP contribution in [0.3, 0.4) is 0 Å². The molecule has 0 radical (unpaired) electrons. The fourth-order valence-corrected chi connectivity index (χ4v) is 1.92. The molecule has 5 heteroatoms. The van der Waals surface area contributed by atoms with Crippen molar-refractivity contribution in [3.8, 4) is 17.6 Å². The molecule has 0 N–H and O–H groups in total. The number of nitriles is 1. The number of amides is 1. The molecule has 1 amide bonds. The average Bonchev–Trinajstić information content (AvgIpc) is 2.47. The van der Waals surface area contributed by atoms with E-state index in [0.717, 1.165) is 0 Å². The highest BCUT2D eigenvalue weighted by Crippen LogP contribution is 2.34. The van der Waals surface area contributed by atoms with Gasteiger partial charge in [0.2, 0.25) is 5.91 Å². The third kappa shape index (κ3) is 2.63. The van der Waals surface area contributed by atoms with Crippen molar-refractivity contribution in [3.05, 3.63) is 18.2 Å². The maximum Gasteiger partial charge on any atom is 0.244 e. The van der Waals surface area contributed by atoms with Crippen molar-refractivity contribution < 1.29 is 14.3 Å². The number of anilines is 1. The minimum Gasteiger partial charge on any atom is -0.486 e. The van der Waals surface area contributed by atoms with Gasteiger partial charge in [-0.3, -0.25) is 4.79 Å². The molecule has 1 unspecified atom stereocenters. The summed E-state index contributed by atoms with van der Waals surface area (Å²) in [5, 5.41) is 8.94. The van der Waals surface area contributed by atoms with Gasteiger partial charge in [0.05, 0.1) is 6.07 Å². The lowest BCUT2D eigenvalue weighted by Crippen LogP contribution is -2.32. The van der Waals surface area contributed by atoms with Crippen LogP contribution < -0.4 is 14.4 Å². The van der Waals surface area contributed by atoms with E-state index in [4.69, 9.17) is 14.7 Å². The Kier molecular flexibility index (Phi) is 3.91. The topological polar surface area (TPSA) is 62.6 Å². The summed E-state index contributed by atoms with van der Waals surface area (Å²) < 4.78 is 10.9. The lowest BCUT2D eigenvalue weighted by atomic mass is 10.1. The van der Waals surface area contributed by atoms with Crippen molar-refractivity contribution in [1.29, 1.82) is 5.26 Å². The summed E-state index contributed by atoms with van der Waals surface area (Å²) >= 11 is 0. The van der Waals surface area contributed by atoms with E-state index in [2.05, 4.69) is 0 Å². The van der Waals surface area contributed by atoms with E-state index in [1.807, 2.05) is 13.0 Å². The Bertz CT molecular complexity index is 522. The number of nitrogens with zero attached hydrogens (tertiary/aromatic N) is 2. The van der Waals surface area contributed by atoms with Crippen molar-refractivity contribution in [3.63, 3.8) is 0 Å². The summed E-state index contributed by atoms with van der Waals surface area (Å²) in [4.78, 5) is 13.6. The zero-order valence-electron chi connectivity index (χ0n) is 11.0. The van der Waals surface area contributed by atoms with Gasteiger partial charge >= 0.3 is 0 Å². The second-order valence-electron chi connectivity index (χ2n) is 4.32. The van der Waals surface area contributed by atoms with E-state index in [9.17, 15) is 4.79 Å². The van der Waals surface area contributed by atoms with Crippen LogP contribution in [0.15, 0.2) is 18.2 Å². The fourth-order valence-electron chi connectivity index (χ4n) is 1.92. The van der Waals surface area contributed by atoms with Crippen LogP contribution in [-0.4, -0.2) is 26.2 Å². The van der Waals surface area contributed by atoms with Crippen LogP contribution in [0, 0.1) is 17.2 Å². The van der Waals surface area contributed by atoms with E-state index >= 15 is 0 Å². The highest BCUT2D eigenvalue weighted by atomic mass is 16.6. The molecular weight excluding hydrogens is 244 g/mol. The van der Waals surface area contributed by atoms with Crippen molar-refractivity contribution in [2.45, 2.75) is 13.3 Å². The van der Waals surface area contributed by atoms with Gasteiger partial charge in [-0.15, -0.1) is 0 Å². The molecular formula is C14H16N2O3. The third-order valence-electron chi connectivity index (χ3n) is 3.11. The number of fused-ring (bicyclic) bond motifs is 1. The molecule has 1 aliphatic rings. The lowest BCUT2D eigenvalue weighted by Gasteiger charge is -2.23. The first-order chi connectivity index (χ1) is 9.17. The third-order valence-corrected chi connectivity index (χ3v) is 3.11. The molecule has 0 aliphatic carbocycles. The van der Waals surface area contributed by atoms with Crippen LogP contribution >= 0.6 is 0 Å². The zero-order valence-corrected chi connectivity index (χ0v) is 11.0. The normalized spacial score (nSPS) is 14.4. The summed E-state index contributed by atoms with van der Waals surface area (Å²) in [5.74, 6) is 0.497. The monoisotopic (exact) mass is 260 g/mol. The number of carbonyl (C=O) groups excluding carboxylic acids is 1. The average molecular weight is 260 g/mol. The Morgan fingerprint density at radius 1 is 1.42 bits per heavy atom. The number of ether oxygens (including phenoxy) is 2. The zero-order chi connectivity index (χ0) is 13.8. The van der Waals surface area contributed by atoms with Gasteiger partial charge in [-0.25, -0.2) is 0 Å². The van der Waals surface area contributed by atoms with Gasteiger partial charge in [0, 0.05) is 18.8 Å². The molecule has 1 atom stereocenters. The van der Waals surface area contributed by atoms with Gasteiger partial charge in [0.15, 0.2) is 11.5 Å². The number of hydrogen-bond donors (Lipinski definition) is 0. The van der Waals surface area contributed by atoms with Crippen LogP contribution in [0.25, 0.3) is 0 Å². The summed E-state index contributed by atoms with van der Waals surface area (Å²) in [6, 6.07) is 7.34. The maximum atomic E-state index is 12.1. The number of rotatable bonds is 3. The van der Waals surface area contributed by atoms with E-state index in [1.165, 1.54) is 4.90 Å².